The van der Waals surface area contributed by atoms with Crippen molar-refractivity contribution in [3.8, 4) is 17.2 Å². The highest BCUT2D eigenvalue weighted by atomic mass is 35.5. The summed E-state index contributed by atoms with van der Waals surface area (Å²) in [5.74, 6) is 1.25. The SMILES string of the molecule is COc1cc(/C=N\N2CC(=O)NC2=O)ccc1OCCOc1ccccc1Cl. The van der Waals surface area contributed by atoms with Crippen LogP contribution in [0.5, 0.6) is 17.2 Å². The number of para-hydroxylation sites is 1. The number of carbonyl (C=O) groups is 2. The summed E-state index contributed by atoms with van der Waals surface area (Å²) in [6, 6.07) is 11.9. The van der Waals surface area contributed by atoms with Gasteiger partial charge in [0, 0.05) is 0 Å². The predicted molar refractivity (Wildman–Crippen MR) is 103 cm³/mol. The second-order valence-corrected chi connectivity index (χ2v) is 6.10. The summed E-state index contributed by atoms with van der Waals surface area (Å²) in [4.78, 5) is 22.6. The number of nitrogens with zero attached hydrogens (tertiary/aromatic N) is 2. The van der Waals surface area contributed by atoms with E-state index >= 15 is 0 Å². The van der Waals surface area contributed by atoms with E-state index in [0.29, 0.717) is 41.0 Å². The maximum absolute atomic E-state index is 11.5. The number of hydrazone groups is 1. The fourth-order valence-electron chi connectivity index (χ4n) is 2.41. The molecule has 1 aliphatic rings. The quantitative estimate of drug-likeness (QED) is 0.416. The Labute approximate surface area is 166 Å². The van der Waals surface area contributed by atoms with E-state index in [4.69, 9.17) is 25.8 Å². The molecule has 3 rings (SSSR count). The third-order valence-electron chi connectivity index (χ3n) is 3.74. The molecule has 0 aromatic heterocycles. The van der Waals surface area contributed by atoms with Gasteiger partial charge in [0.15, 0.2) is 11.5 Å². The third kappa shape index (κ3) is 4.92. The van der Waals surface area contributed by atoms with Crippen molar-refractivity contribution in [3.05, 3.63) is 53.1 Å². The topological polar surface area (TPSA) is 89.5 Å². The molecule has 9 heteroatoms. The van der Waals surface area contributed by atoms with Gasteiger partial charge in [-0.1, -0.05) is 23.7 Å². The lowest BCUT2D eigenvalue weighted by Gasteiger charge is -2.12. The number of ether oxygens (including phenoxy) is 3. The summed E-state index contributed by atoms with van der Waals surface area (Å²) in [6.07, 6.45) is 1.46. The Kier molecular flexibility index (Phi) is 6.33. The maximum Gasteiger partial charge on any atom is 0.344 e. The molecule has 0 spiro atoms. The second-order valence-electron chi connectivity index (χ2n) is 5.69. The van der Waals surface area contributed by atoms with Crippen LogP contribution >= 0.6 is 11.6 Å². The van der Waals surface area contributed by atoms with Gasteiger partial charge in [-0.2, -0.15) is 5.10 Å². The Morgan fingerprint density at radius 3 is 2.54 bits per heavy atom. The predicted octanol–water partition coefficient (Wildman–Crippen LogP) is 2.69. The van der Waals surface area contributed by atoms with Crippen LogP contribution < -0.4 is 19.5 Å². The zero-order valence-electron chi connectivity index (χ0n) is 15.1. The van der Waals surface area contributed by atoms with E-state index in [1.165, 1.54) is 13.3 Å². The lowest BCUT2D eigenvalue weighted by Crippen LogP contribution is -2.24. The number of nitrogens with one attached hydrogen (secondary N) is 1. The maximum atomic E-state index is 11.5. The van der Waals surface area contributed by atoms with Crippen molar-refractivity contribution in [1.82, 2.24) is 10.3 Å². The van der Waals surface area contributed by atoms with E-state index in [2.05, 4.69) is 10.4 Å². The highest BCUT2D eigenvalue weighted by Gasteiger charge is 2.25. The summed E-state index contributed by atoms with van der Waals surface area (Å²) in [5, 5.41) is 7.73. The van der Waals surface area contributed by atoms with Gasteiger partial charge in [-0.25, -0.2) is 9.80 Å². The Morgan fingerprint density at radius 2 is 1.86 bits per heavy atom. The number of imide groups is 1. The molecule has 1 heterocycles. The molecule has 2 aromatic carbocycles. The molecule has 1 aliphatic heterocycles. The smallest absolute Gasteiger partial charge is 0.344 e. The van der Waals surface area contributed by atoms with Crippen LogP contribution in [0, 0.1) is 0 Å². The normalized spacial score (nSPS) is 13.7. The average Bonchev–Trinajstić information content (AvgIpc) is 3.02. The molecule has 1 fully saturated rings. The molecule has 146 valence electrons. The van der Waals surface area contributed by atoms with Crippen molar-refractivity contribution in [1.29, 1.82) is 0 Å². The highest BCUT2D eigenvalue weighted by Crippen LogP contribution is 2.28. The van der Waals surface area contributed by atoms with E-state index in [1.807, 2.05) is 12.1 Å². The molecule has 3 amide bonds. The van der Waals surface area contributed by atoms with Gasteiger partial charge < -0.3 is 14.2 Å². The van der Waals surface area contributed by atoms with E-state index < -0.39 is 6.03 Å². The first-order valence-electron chi connectivity index (χ1n) is 8.40. The number of halogens is 1. The molecule has 2 aromatic rings. The third-order valence-corrected chi connectivity index (χ3v) is 4.06. The van der Waals surface area contributed by atoms with Gasteiger partial charge in [0.1, 0.15) is 25.5 Å². The Hall–Kier alpha value is -3.26. The van der Waals surface area contributed by atoms with Gasteiger partial charge >= 0.3 is 6.03 Å². The van der Waals surface area contributed by atoms with Crippen molar-refractivity contribution in [2.45, 2.75) is 0 Å². The lowest BCUT2D eigenvalue weighted by molar-refractivity contribution is -0.118. The number of amides is 3. The number of benzene rings is 2. The molecule has 0 unspecified atom stereocenters. The van der Waals surface area contributed by atoms with Gasteiger partial charge in [0.25, 0.3) is 0 Å². The average molecular weight is 404 g/mol. The molecule has 0 aliphatic carbocycles. The standard InChI is InChI=1S/C19H18ClN3O5/c1-26-17-10-13(11-21-23-12-18(24)22-19(23)25)6-7-16(17)28-9-8-27-15-5-3-2-4-14(15)20/h2-7,10-11H,8-9,12H2,1H3,(H,22,24,25)/b21-11-. The van der Waals surface area contributed by atoms with Crippen LogP contribution in [0.3, 0.4) is 0 Å². The van der Waals surface area contributed by atoms with E-state index in [-0.39, 0.29) is 12.5 Å². The van der Waals surface area contributed by atoms with Crippen LogP contribution in [0.15, 0.2) is 47.6 Å². The van der Waals surface area contributed by atoms with E-state index in [1.54, 1.807) is 30.3 Å². The van der Waals surface area contributed by atoms with Crippen LogP contribution in [0.4, 0.5) is 4.79 Å². The summed E-state index contributed by atoms with van der Waals surface area (Å²) >= 11 is 6.03. The molecule has 28 heavy (non-hydrogen) atoms. The van der Waals surface area contributed by atoms with Crippen molar-refractivity contribution in [2.24, 2.45) is 5.10 Å². The molecule has 1 N–H and O–H groups in total. The fourth-order valence-corrected chi connectivity index (χ4v) is 2.60. The first kappa shape index (κ1) is 19.5. The van der Waals surface area contributed by atoms with Gasteiger partial charge in [-0.3, -0.25) is 10.1 Å². The van der Waals surface area contributed by atoms with Crippen LogP contribution in [0.1, 0.15) is 5.56 Å². The van der Waals surface area contributed by atoms with E-state index in [9.17, 15) is 9.59 Å². The van der Waals surface area contributed by atoms with Crippen molar-refractivity contribution in [2.75, 3.05) is 26.9 Å². The molecule has 1 saturated heterocycles. The van der Waals surface area contributed by atoms with Crippen molar-refractivity contribution in [3.63, 3.8) is 0 Å². The van der Waals surface area contributed by atoms with Crippen LogP contribution in [0.25, 0.3) is 0 Å². The van der Waals surface area contributed by atoms with E-state index in [0.717, 1.165) is 5.01 Å². The molecule has 8 nitrogen and oxygen atoms in total. The molecule has 0 radical (unpaired) electrons. The largest absolute Gasteiger partial charge is 0.493 e. The Bertz CT molecular complexity index is 903. The van der Waals surface area contributed by atoms with Gasteiger partial charge in [0.2, 0.25) is 5.91 Å². The highest BCUT2D eigenvalue weighted by molar-refractivity contribution is 6.32. The Balaban J connectivity index is 1.56. The number of rotatable bonds is 8. The fraction of sp³-hybridized carbons (Fsp3) is 0.211. The minimum atomic E-state index is -0.549. The first-order valence-corrected chi connectivity index (χ1v) is 8.78. The molecule has 0 atom stereocenters. The Morgan fingerprint density at radius 1 is 1.11 bits per heavy atom. The minimum Gasteiger partial charge on any atom is -0.493 e. The van der Waals surface area contributed by atoms with Gasteiger partial charge in [0.05, 0.1) is 18.3 Å². The van der Waals surface area contributed by atoms with Gasteiger partial charge in [-0.15, -0.1) is 0 Å². The lowest BCUT2D eigenvalue weighted by atomic mass is 10.2. The molecular formula is C19H18ClN3O5. The van der Waals surface area contributed by atoms with Crippen LogP contribution in [-0.4, -0.2) is 50.0 Å². The first-order chi connectivity index (χ1) is 13.6. The second kappa shape index (κ2) is 9.09. The van der Waals surface area contributed by atoms with Crippen molar-refractivity contribution < 1.29 is 23.8 Å². The summed E-state index contributed by atoms with van der Waals surface area (Å²) in [5.41, 5.74) is 0.684. The van der Waals surface area contributed by atoms with Crippen molar-refractivity contribution >= 4 is 29.8 Å². The molecular weight excluding hydrogens is 386 g/mol. The number of hydrogen-bond donors (Lipinski definition) is 1. The number of urea groups is 1. The number of methoxy groups -OCH3 is 1. The van der Waals surface area contributed by atoms with Gasteiger partial charge in [-0.05, 0) is 35.9 Å². The summed E-state index contributed by atoms with van der Waals surface area (Å²) in [6.45, 7) is 0.512. The zero-order valence-corrected chi connectivity index (χ0v) is 15.8. The minimum absolute atomic E-state index is 0.0981. The number of hydrogen-bond acceptors (Lipinski definition) is 6. The monoisotopic (exact) mass is 403 g/mol. The molecule has 0 saturated carbocycles. The summed E-state index contributed by atoms with van der Waals surface area (Å²) in [7, 11) is 1.52. The zero-order chi connectivity index (χ0) is 19.9. The summed E-state index contributed by atoms with van der Waals surface area (Å²) < 4.78 is 16.6. The van der Waals surface area contributed by atoms with Crippen LogP contribution in [-0.2, 0) is 4.79 Å². The van der Waals surface area contributed by atoms with Crippen LogP contribution in [0.2, 0.25) is 5.02 Å². The molecule has 0 bridgehead atoms. The number of carbonyl (C=O) groups excluding carboxylic acids is 2.